The van der Waals surface area contributed by atoms with Crippen LogP contribution in [0.4, 0.5) is 13.2 Å². The van der Waals surface area contributed by atoms with Crippen LogP contribution in [0.5, 0.6) is 5.75 Å². The number of aromatic amines is 1. The second-order valence-corrected chi connectivity index (χ2v) is 5.10. The number of benzene rings is 1. The fourth-order valence-corrected chi connectivity index (χ4v) is 2.28. The summed E-state index contributed by atoms with van der Waals surface area (Å²) < 4.78 is 41.1. The van der Waals surface area contributed by atoms with E-state index in [1.807, 2.05) is 18.2 Å². The van der Waals surface area contributed by atoms with E-state index in [4.69, 9.17) is 5.73 Å². The van der Waals surface area contributed by atoms with Gasteiger partial charge >= 0.3 is 12.1 Å². The number of hydrogen-bond acceptors (Lipinski definition) is 4. The Morgan fingerprint density at radius 1 is 1.17 bits per heavy atom. The molecular formula is C16H12F3N3O2. The molecule has 0 spiro atoms. The lowest BCUT2D eigenvalue weighted by Gasteiger charge is -2.08. The summed E-state index contributed by atoms with van der Waals surface area (Å²) >= 11 is 0. The zero-order chi connectivity index (χ0) is 17.3. The van der Waals surface area contributed by atoms with Crippen LogP contribution in [0, 0.1) is 0 Å². The van der Waals surface area contributed by atoms with Crippen LogP contribution in [0.15, 0.2) is 42.7 Å². The summed E-state index contributed by atoms with van der Waals surface area (Å²) in [5.41, 5.74) is 8.60. The minimum absolute atomic E-state index is 0.272. The number of halogens is 3. The predicted molar refractivity (Wildman–Crippen MR) is 81.1 cm³/mol. The molecule has 2 heterocycles. The van der Waals surface area contributed by atoms with Crippen molar-refractivity contribution >= 4 is 16.9 Å². The van der Waals surface area contributed by atoms with E-state index in [2.05, 4.69) is 14.7 Å². The van der Waals surface area contributed by atoms with Crippen molar-refractivity contribution < 1.29 is 22.7 Å². The van der Waals surface area contributed by atoms with Crippen LogP contribution in [0.1, 0.15) is 5.69 Å². The molecule has 3 aromatic rings. The molecule has 0 unspecified atom stereocenters. The third-order valence-corrected chi connectivity index (χ3v) is 3.38. The van der Waals surface area contributed by atoms with Crippen LogP contribution in [-0.4, -0.2) is 22.1 Å². The molecular weight excluding hydrogens is 323 g/mol. The van der Waals surface area contributed by atoms with Crippen molar-refractivity contribution in [2.24, 2.45) is 5.73 Å². The van der Waals surface area contributed by atoms with Gasteiger partial charge in [0.15, 0.2) is 0 Å². The Kier molecular flexibility index (Phi) is 3.98. The van der Waals surface area contributed by atoms with E-state index in [0.29, 0.717) is 12.1 Å². The van der Waals surface area contributed by atoms with Crippen LogP contribution in [-0.2, 0) is 11.3 Å². The predicted octanol–water partition coefficient (Wildman–Crippen LogP) is 3.16. The Bertz CT molecular complexity index is 903. The summed E-state index contributed by atoms with van der Waals surface area (Å²) in [6.07, 6.45) is -2.53. The van der Waals surface area contributed by atoms with Gasteiger partial charge in [0.2, 0.25) is 0 Å². The zero-order valence-electron chi connectivity index (χ0n) is 12.2. The molecule has 0 fully saturated rings. The summed E-state index contributed by atoms with van der Waals surface area (Å²) in [6, 6.07) is 8.68. The van der Waals surface area contributed by atoms with Crippen molar-refractivity contribution in [2.75, 3.05) is 0 Å². The smallest absolute Gasteiger partial charge is 0.418 e. The first-order chi connectivity index (χ1) is 11.4. The fourth-order valence-electron chi connectivity index (χ4n) is 2.28. The number of carbonyl (C=O) groups excluding carboxylic acids is 1. The number of rotatable bonds is 3. The minimum Gasteiger partial charge on any atom is -0.418 e. The molecule has 0 aliphatic carbocycles. The monoisotopic (exact) mass is 335 g/mol. The molecule has 2 aromatic heterocycles. The van der Waals surface area contributed by atoms with Crippen molar-refractivity contribution in [3.05, 3.63) is 48.4 Å². The maximum Gasteiger partial charge on any atom is 0.491 e. The molecule has 0 aliphatic heterocycles. The third kappa shape index (κ3) is 3.23. The second kappa shape index (κ2) is 5.97. The van der Waals surface area contributed by atoms with Gasteiger partial charge in [0.05, 0.1) is 6.20 Å². The molecule has 3 N–H and O–H groups in total. The molecule has 0 bridgehead atoms. The van der Waals surface area contributed by atoms with Gasteiger partial charge in [-0.25, -0.2) is 4.79 Å². The maximum atomic E-state index is 12.3. The molecule has 3 rings (SSSR count). The summed E-state index contributed by atoms with van der Waals surface area (Å²) in [6.45, 7) is 0.369. The van der Waals surface area contributed by atoms with Crippen molar-refractivity contribution in [3.63, 3.8) is 0 Å². The maximum absolute atomic E-state index is 12.3. The van der Waals surface area contributed by atoms with E-state index in [9.17, 15) is 18.0 Å². The van der Waals surface area contributed by atoms with Gasteiger partial charge in [0.25, 0.3) is 0 Å². The van der Waals surface area contributed by atoms with Crippen molar-refractivity contribution in [1.82, 2.24) is 9.97 Å². The summed E-state index contributed by atoms with van der Waals surface area (Å²) in [7, 11) is 0. The average Bonchev–Trinajstić information content (AvgIpc) is 2.96. The fraction of sp³-hybridized carbons (Fsp3) is 0.125. The Morgan fingerprint density at radius 2 is 1.96 bits per heavy atom. The topological polar surface area (TPSA) is 81.0 Å². The van der Waals surface area contributed by atoms with Gasteiger partial charge < -0.3 is 15.5 Å². The third-order valence-electron chi connectivity index (χ3n) is 3.38. The number of pyridine rings is 1. The number of carbonyl (C=O) groups is 1. The molecule has 0 amide bonds. The normalized spacial score (nSPS) is 11.7. The largest absolute Gasteiger partial charge is 0.491 e. The van der Waals surface area contributed by atoms with Gasteiger partial charge in [-0.1, -0.05) is 6.07 Å². The number of alkyl halides is 3. The summed E-state index contributed by atoms with van der Waals surface area (Å²) in [4.78, 5) is 17.9. The van der Waals surface area contributed by atoms with Crippen LogP contribution in [0.25, 0.3) is 22.0 Å². The molecule has 0 saturated heterocycles. The molecule has 5 nitrogen and oxygen atoms in total. The zero-order valence-corrected chi connectivity index (χ0v) is 12.2. The van der Waals surface area contributed by atoms with E-state index in [1.54, 1.807) is 6.07 Å². The lowest BCUT2D eigenvalue weighted by molar-refractivity contribution is -0.189. The number of nitrogens with one attached hydrogen (secondary N) is 1. The lowest BCUT2D eigenvalue weighted by atomic mass is 10.1. The number of aromatic nitrogens is 2. The first-order valence-electron chi connectivity index (χ1n) is 6.93. The summed E-state index contributed by atoms with van der Waals surface area (Å²) in [5, 5.41) is 0.908. The second-order valence-electron chi connectivity index (χ2n) is 5.10. The Labute approximate surface area is 134 Å². The average molecular weight is 335 g/mol. The van der Waals surface area contributed by atoms with Gasteiger partial charge in [0, 0.05) is 34.9 Å². The van der Waals surface area contributed by atoms with Crippen LogP contribution in [0.2, 0.25) is 0 Å². The first-order valence-corrected chi connectivity index (χ1v) is 6.93. The van der Waals surface area contributed by atoms with Crippen molar-refractivity contribution in [3.8, 4) is 16.9 Å². The number of fused-ring (bicyclic) bond motifs is 1. The van der Waals surface area contributed by atoms with E-state index >= 15 is 0 Å². The number of nitrogens with zero attached hydrogens (tertiary/aromatic N) is 1. The molecule has 8 heteroatoms. The van der Waals surface area contributed by atoms with E-state index in [-0.39, 0.29) is 5.75 Å². The molecule has 124 valence electrons. The van der Waals surface area contributed by atoms with Gasteiger partial charge in [-0.05, 0) is 29.8 Å². The minimum atomic E-state index is -5.06. The number of hydrogen-bond donors (Lipinski definition) is 2. The summed E-state index contributed by atoms with van der Waals surface area (Å²) in [5.74, 6) is -2.55. The highest BCUT2D eigenvalue weighted by Gasteiger charge is 2.41. The molecule has 0 atom stereocenters. The highest BCUT2D eigenvalue weighted by atomic mass is 19.4. The molecule has 0 aliphatic rings. The standard InChI is InChI=1S/C16H12F3N3O2/c17-16(18,19)15(23)24-13-5-11(7-21-8-13)9-1-2-14-10(3-9)4-12(6-20)22-14/h1-5,7-8,22H,6,20H2. The molecule has 1 aromatic carbocycles. The Balaban J connectivity index is 1.92. The van der Waals surface area contributed by atoms with Crippen molar-refractivity contribution in [2.45, 2.75) is 12.7 Å². The highest BCUT2D eigenvalue weighted by Crippen LogP contribution is 2.27. The number of nitrogens with two attached hydrogens (primary N) is 1. The molecule has 24 heavy (non-hydrogen) atoms. The SMILES string of the molecule is NCc1cc2cc(-c3cncc(OC(=O)C(F)(F)F)c3)ccc2[nH]1. The van der Waals surface area contributed by atoms with Gasteiger partial charge in [-0.3, -0.25) is 4.98 Å². The number of ether oxygens (including phenoxy) is 1. The van der Waals surface area contributed by atoms with Crippen LogP contribution in [0.3, 0.4) is 0 Å². The van der Waals surface area contributed by atoms with E-state index in [0.717, 1.165) is 28.4 Å². The van der Waals surface area contributed by atoms with Gasteiger partial charge in [-0.15, -0.1) is 0 Å². The van der Waals surface area contributed by atoms with E-state index < -0.39 is 12.1 Å². The molecule has 0 radical (unpaired) electrons. The quantitative estimate of drug-likeness (QED) is 0.721. The lowest BCUT2D eigenvalue weighted by Crippen LogP contribution is -2.28. The van der Waals surface area contributed by atoms with Gasteiger partial charge in [-0.2, -0.15) is 13.2 Å². The Hall–Kier alpha value is -2.87. The number of esters is 1. The van der Waals surface area contributed by atoms with Crippen LogP contribution < -0.4 is 10.5 Å². The van der Waals surface area contributed by atoms with Crippen LogP contribution >= 0.6 is 0 Å². The van der Waals surface area contributed by atoms with E-state index in [1.165, 1.54) is 12.3 Å². The molecule has 0 saturated carbocycles. The first kappa shape index (κ1) is 16.0. The number of H-pyrrole nitrogens is 1. The van der Waals surface area contributed by atoms with Crippen molar-refractivity contribution in [1.29, 1.82) is 0 Å². The highest BCUT2D eigenvalue weighted by molar-refractivity contribution is 5.86. The van der Waals surface area contributed by atoms with Gasteiger partial charge in [0.1, 0.15) is 5.75 Å². The Morgan fingerprint density at radius 3 is 2.67 bits per heavy atom.